The molecule has 0 aromatic heterocycles. The Kier molecular flexibility index (Phi) is 5.28. The summed E-state index contributed by atoms with van der Waals surface area (Å²) in [6, 6.07) is 8.14. The highest BCUT2D eigenvalue weighted by Crippen LogP contribution is 2.63. The van der Waals surface area contributed by atoms with Gasteiger partial charge in [0.25, 0.3) is 5.91 Å². The van der Waals surface area contributed by atoms with Crippen molar-refractivity contribution in [3.63, 3.8) is 0 Å². The maximum Gasteiger partial charge on any atom is 0.255 e. The number of morpholine rings is 2. The molecular formula is C24H35N3O3. The first-order valence-corrected chi connectivity index (χ1v) is 11.5. The second-order valence-electron chi connectivity index (χ2n) is 10.3. The maximum atomic E-state index is 13.7. The number of fused-ring (bicyclic) bond motifs is 1. The van der Waals surface area contributed by atoms with Gasteiger partial charge in [0.15, 0.2) is 0 Å². The molecule has 1 saturated carbocycles. The molecule has 0 N–H and O–H groups in total. The van der Waals surface area contributed by atoms with E-state index in [4.69, 9.17) is 9.47 Å². The van der Waals surface area contributed by atoms with E-state index in [1.54, 1.807) is 0 Å². The standard InChI is InChI=1S/C24H35N3O3/c1-23(2)16-24(17-25-7-11-29-12-8-25)18-27(15-21(23)24)22(28)19-5-3-4-6-20(19)26-9-13-30-14-10-26/h3-6,21H,7-18H2,1-2H3/t21-,24+/m1/s1. The lowest BCUT2D eigenvalue weighted by molar-refractivity contribution is -0.0966. The average Bonchev–Trinajstić information content (AvgIpc) is 3.09. The van der Waals surface area contributed by atoms with Crippen LogP contribution in [-0.4, -0.2) is 87.9 Å². The number of carbonyl (C=O) groups excluding carboxylic acids is 1. The lowest BCUT2D eigenvalue weighted by atomic mass is 9.48. The molecule has 3 aliphatic heterocycles. The predicted molar refractivity (Wildman–Crippen MR) is 117 cm³/mol. The maximum absolute atomic E-state index is 13.7. The molecule has 1 aromatic rings. The molecular weight excluding hydrogens is 378 g/mol. The van der Waals surface area contributed by atoms with Crippen molar-refractivity contribution < 1.29 is 14.3 Å². The van der Waals surface area contributed by atoms with Gasteiger partial charge < -0.3 is 19.3 Å². The van der Waals surface area contributed by atoms with E-state index in [0.29, 0.717) is 11.3 Å². The first kappa shape index (κ1) is 20.3. The summed E-state index contributed by atoms with van der Waals surface area (Å²) in [5.74, 6) is 0.774. The summed E-state index contributed by atoms with van der Waals surface area (Å²) in [6.07, 6.45) is 1.21. The van der Waals surface area contributed by atoms with Crippen molar-refractivity contribution in [3.8, 4) is 0 Å². The van der Waals surface area contributed by atoms with Gasteiger partial charge in [0, 0.05) is 56.9 Å². The molecule has 1 amide bonds. The van der Waals surface area contributed by atoms with Crippen molar-refractivity contribution in [1.82, 2.24) is 9.80 Å². The van der Waals surface area contributed by atoms with Crippen LogP contribution in [0.1, 0.15) is 30.6 Å². The largest absolute Gasteiger partial charge is 0.379 e. The van der Waals surface area contributed by atoms with Gasteiger partial charge in [-0.25, -0.2) is 0 Å². The van der Waals surface area contributed by atoms with Crippen molar-refractivity contribution in [3.05, 3.63) is 29.8 Å². The van der Waals surface area contributed by atoms with E-state index < -0.39 is 0 Å². The SMILES string of the molecule is CC1(C)C[C@]2(CN3CCOCC3)CN(C(=O)c3ccccc3N3CCOCC3)C[C@H]12. The number of para-hydroxylation sites is 1. The summed E-state index contributed by atoms with van der Waals surface area (Å²) in [6.45, 7) is 14.5. The second-order valence-corrected chi connectivity index (χ2v) is 10.3. The van der Waals surface area contributed by atoms with Gasteiger partial charge in [0.2, 0.25) is 0 Å². The molecule has 0 radical (unpaired) electrons. The zero-order valence-electron chi connectivity index (χ0n) is 18.4. The topological polar surface area (TPSA) is 45.2 Å². The Balaban J connectivity index is 1.36. The van der Waals surface area contributed by atoms with Crippen LogP contribution < -0.4 is 4.90 Å². The highest BCUT2D eigenvalue weighted by molar-refractivity contribution is 6.00. The van der Waals surface area contributed by atoms with E-state index in [2.05, 4.69) is 34.6 Å². The fourth-order valence-corrected chi connectivity index (χ4v) is 6.60. The van der Waals surface area contributed by atoms with E-state index in [1.165, 1.54) is 6.42 Å². The molecule has 30 heavy (non-hydrogen) atoms. The number of hydrogen-bond donors (Lipinski definition) is 0. The Morgan fingerprint density at radius 3 is 2.40 bits per heavy atom. The highest BCUT2D eigenvalue weighted by atomic mass is 16.5. The van der Waals surface area contributed by atoms with Crippen LogP contribution in [0.5, 0.6) is 0 Å². The van der Waals surface area contributed by atoms with Crippen LogP contribution >= 0.6 is 0 Å². The normalized spacial score (nSPS) is 31.3. The van der Waals surface area contributed by atoms with Crippen LogP contribution in [0.25, 0.3) is 0 Å². The molecule has 4 aliphatic rings. The molecule has 2 atom stereocenters. The molecule has 0 spiro atoms. The van der Waals surface area contributed by atoms with E-state index in [9.17, 15) is 4.79 Å². The van der Waals surface area contributed by atoms with Crippen molar-refractivity contribution in [1.29, 1.82) is 0 Å². The molecule has 6 heteroatoms. The molecule has 1 aromatic carbocycles. The third-order valence-corrected chi connectivity index (χ3v) is 7.81. The molecule has 3 saturated heterocycles. The van der Waals surface area contributed by atoms with Gasteiger partial charge in [-0.2, -0.15) is 0 Å². The Hall–Kier alpha value is -1.63. The highest BCUT2D eigenvalue weighted by Gasteiger charge is 2.63. The number of amides is 1. The minimum atomic E-state index is 0.198. The Morgan fingerprint density at radius 1 is 1.03 bits per heavy atom. The number of ether oxygens (including phenoxy) is 2. The van der Waals surface area contributed by atoms with Crippen LogP contribution in [0.4, 0.5) is 5.69 Å². The lowest BCUT2D eigenvalue weighted by Crippen LogP contribution is -2.59. The average molecular weight is 414 g/mol. The number of nitrogens with zero attached hydrogens (tertiary/aromatic N) is 3. The van der Waals surface area contributed by atoms with Gasteiger partial charge in [0.05, 0.1) is 32.0 Å². The number of anilines is 1. The van der Waals surface area contributed by atoms with Crippen molar-refractivity contribution in [2.75, 3.05) is 77.1 Å². The van der Waals surface area contributed by atoms with Crippen LogP contribution in [0.15, 0.2) is 24.3 Å². The number of hydrogen-bond acceptors (Lipinski definition) is 5. The molecule has 4 fully saturated rings. The van der Waals surface area contributed by atoms with Crippen LogP contribution in [0.3, 0.4) is 0 Å². The van der Waals surface area contributed by atoms with Gasteiger partial charge >= 0.3 is 0 Å². The minimum Gasteiger partial charge on any atom is -0.379 e. The number of rotatable bonds is 4. The summed E-state index contributed by atoms with van der Waals surface area (Å²) in [5.41, 5.74) is 2.46. The van der Waals surface area contributed by atoms with Crippen LogP contribution in [-0.2, 0) is 9.47 Å². The van der Waals surface area contributed by atoms with E-state index >= 15 is 0 Å². The third kappa shape index (κ3) is 3.53. The van der Waals surface area contributed by atoms with Crippen molar-refractivity contribution in [2.24, 2.45) is 16.7 Å². The van der Waals surface area contributed by atoms with E-state index in [1.807, 2.05) is 18.2 Å². The lowest BCUT2D eigenvalue weighted by Gasteiger charge is -2.58. The molecule has 164 valence electrons. The van der Waals surface area contributed by atoms with Gasteiger partial charge in [-0.05, 0) is 29.9 Å². The zero-order chi connectivity index (χ0) is 20.8. The summed E-state index contributed by atoms with van der Waals surface area (Å²) in [5, 5.41) is 0. The number of carbonyl (C=O) groups is 1. The fraction of sp³-hybridized carbons (Fsp3) is 0.708. The van der Waals surface area contributed by atoms with Crippen molar-refractivity contribution in [2.45, 2.75) is 20.3 Å². The summed E-state index contributed by atoms with van der Waals surface area (Å²) in [7, 11) is 0. The monoisotopic (exact) mass is 413 g/mol. The van der Waals surface area contributed by atoms with Gasteiger partial charge in [-0.1, -0.05) is 26.0 Å². The summed E-state index contributed by atoms with van der Waals surface area (Å²) in [4.78, 5) is 20.7. The number of benzene rings is 1. The third-order valence-electron chi connectivity index (χ3n) is 7.81. The Bertz CT molecular complexity index is 786. The van der Waals surface area contributed by atoms with Crippen molar-refractivity contribution >= 4 is 11.6 Å². The van der Waals surface area contributed by atoms with Gasteiger partial charge in [0.1, 0.15) is 0 Å². The van der Waals surface area contributed by atoms with Gasteiger partial charge in [-0.15, -0.1) is 0 Å². The molecule has 0 unspecified atom stereocenters. The first-order valence-electron chi connectivity index (χ1n) is 11.5. The molecule has 0 bridgehead atoms. The predicted octanol–water partition coefficient (Wildman–Crippen LogP) is 2.34. The molecule has 3 heterocycles. The fourth-order valence-electron chi connectivity index (χ4n) is 6.60. The molecule has 6 nitrogen and oxygen atoms in total. The van der Waals surface area contributed by atoms with E-state index in [0.717, 1.165) is 83.5 Å². The first-order chi connectivity index (χ1) is 14.5. The van der Waals surface area contributed by atoms with Crippen LogP contribution in [0.2, 0.25) is 0 Å². The van der Waals surface area contributed by atoms with E-state index in [-0.39, 0.29) is 11.3 Å². The van der Waals surface area contributed by atoms with Gasteiger partial charge in [-0.3, -0.25) is 9.69 Å². The second kappa shape index (κ2) is 7.81. The van der Waals surface area contributed by atoms with Crippen LogP contribution in [0, 0.1) is 16.7 Å². The Labute approximate surface area is 180 Å². The quantitative estimate of drug-likeness (QED) is 0.758. The number of likely N-dealkylation sites (tertiary alicyclic amines) is 1. The smallest absolute Gasteiger partial charge is 0.255 e. The summed E-state index contributed by atoms with van der Waals surface area (Å²) >= 11 is 0. The Morgan fingerprint density at radius 2 is 1.70 bits per heavy atom. The zero-order valence-corrected chi connectivity index (χ0v) is 18.4. The molecule has 5 rings (SSSR count). The molecule has 1 aliphatic carbocycles. The minimum absolute atomic E-state index is 0.198. The summed E-state index contributed by atoms with van der Waals surface area (Å²) < 4.78 is 11.1.